The summed E-state index contributed by atoms with van der Waals surface area (Å²) in [6, 6.07) is 15.5. The molecule has 0 radical (unpaired) electrons. The number of aliphatic imine (C=N–C) groups is 1. The number of hydrogen-bond acceptors (Lipinski definition) is 5. The molecule has 2 fully saturated rings. The van der Waals surface area contributed by atoms with E-state index in [1.165, 1.54) is 11.8 Å². The van der Waals surface area contributed by atoms with Gasteiger partial charge in [-0.3, -0.25) is 4.79 Å². The number of nitrogens with zero attached hydrogens (tertiary/aromatic N) is 3. The van der Waals surface area contributed by atoms with Crippen LogP contribution in [0.15, 0.2) is 53.5 Å². The Hall–Kier alpha value is -2.32. The second-order valence-corrected chi connectivity index (χ2v) is 11.4. The van der Waals surface area contributed by atoms with E-state index in [-0.39, 0.29) is 35.1 Å². The molecule has 8 heteroatoms. The zero-order valence-electron chi connectivity index (χ0n) is 17.3. The van der Waals surface area contributed by atoms with Gasteiger partial charge in [-0.2, -0.15) is 4.99 Å². The number of aryl methyl sites for hydroxylation is 1. The Balaban J connectivity index is 1.63. The molecule has 2 heterocycles. The molecular formula is C22H25N3O3S2. The van der Waals surface area contributed by atoms with Gasteiger partial charge in [0.25, 0.3) is 5.91 Å². The Morgan fingerprint density at radius 3 is 2.57 bits per heavy atom. The summed E-state index contributed by atoms with van der Waals surface area (Å²) in [7, 11) is 0.855. The predicted molar refractivity (Wildman–Crippen MR) is 124 cm³/mol. The molecule has 2 aliphatic rings. The summed E-state index contributed by atoms with van der Waals surface area (Å²) in [5.74, 6) is -0.00825. The highest BCUT2D eigenvalue weighted by molar-refractivity contribution is 8.16. The third kappa shape index (κ3) is 4.39. The lowest BCUT2D eigenvalue weighted by atomic mass is 10.1. The minimum absolute atomic E-state index is 0.0885. The highest BCUT2D eigenvalue weighted by Gasteiger charge is 2.49. The van der Waals surface area contributed by atoms with Crippen LogP contribution in [0.25, 0.3) is 0 Å². The average Bonchev–Trinajstić information content (AvgIpc) is 3.12. The van der Waals surface area contributed by atoms with E-state index in [1.54, 1.807) is 0 Å². The smallest absolute Gasteiger partial charge is 0.252 e. The van der Waals surface area contributed by atoms with Crippen LogP contribution in [0.5, 0.6) is 0 Å². The average molecular weight is 444 g/mol. The normalized spacial score (nSPS) is 23.6. The Labute approximate surface area is 181 Å². The third-order valence-electron chi connectivity index (χ3n) is 5.37. The number of carbonyl (C=O) groups excluding carboxylic acids is 1. The fraction of sp³-hybridized carbons (Fsp3) is 0.364. The van der Waals surface area contributed by atoms with E-state index in [0.717, 1.165) is 22.5 Å². The lowest BCUT2D eigenvalue weighted by Gasteiger charge is -2.25. The number of amides is 1. The monoisotopic (exact) mass is 443 g/mol. The maximum atomic E-state index is 12.7. The van der Waals surface area contributed by atoms with Gasteiger partial charge in [-0.15, -0.1) is 0 Å². The quantitative estimate of drug-likeness (QED) is 0.724. The first-order valence-electron chi connectivity index (χ1n) is 9.82. The molecule has 0 aromatic heterocycles. The van der Waals surface area contributed by atoms with E-state index in [2.05, 4.69) is 4.99 Å². The van der Waals surface area contributed by atoms with Crippen LogP contribution in [0, 0.1) is 6.92 Å². The summed E-state index contributed by atoms with van der Waals surface area (Å²) in [5.41, 5.74) is 3.94. The van der Waals surface area contributed by atoms with Crippen molar-refractivity contribution in [2.75, 3.05) is 35.4 Å². The maximum absolute atomic E-state index is 12.7. The van der Waals surface area contributed by atoms with Crippen LogP contribution in [0.2, 0.25) is 0 Å². The van der Waals surface area contributed by atoms with Crippen LogP contribution >= 0.6 is 11.8 Å². The van der Waals surface area contributed by atoms with Gasteiger partial charge in [0.15, 0.2) is 15.0 Å². The summed E-state index contributed by atoms with van der Waals surface area (Å²) in [4.78, 5) is 21.0. The molecule has 4 rings (SSSR count). The molecule has 2 atom stereocenters. The van der Waals surface area contributed by atoms with E-state index in [0.29, 0.717) is 5.17 Å². The first kappa shape index (κ1) is 20.9. The van der Waals surface area contributed by atoms with Gasteiger partial charge in [-0.1, -0.05) is 41.6 Å². The Bertz CT molecular complexity index is 1090. The first-order chi connectivity index (χ1) is 14.2. The largest absolute Gasteiger partial charge is 0.378 e. The van der Waals surface area contributed by atoms with Crippen molar-refractivity contribution < 1.29 is 13.2 Å². The molecule has 0 bridgehead atoms. The van der Waals surface area contributed by atoms with Crippen molar-refractivity contribution in [3.05, 3.63) is 59.7 Å². The number of amidine groups is 1. The summed E-state index contributed by atoms with van der Waals surface area (Å²) < 4.78 is 24.4. The molecule has 0 spiro atoms. The van der Waals surface area contributed by atoms with Crippen LogP contribution in [-0.4, -0.2) is 56.4 Å². The van der Waals surface area contributed by atoms with Gasteiger partial charge < -0.3 is 9.80 Å². The third-order valence-corrected chi connectivity index (χ3v) is 8.58. The lowest BCUT2D eigenvalue weighted by Crippen LogP contribution is -2.37. The molecule has 6 nitrogen and oxygen atoms in total. The fourth-order valence-corrected chi connectivity index (χ4v) is 7.85. The second kappa shape index (κ2) is 8.07. The number of thioether (sulfide) groups is 1. The van der Waals surface area contributed by atoms with E-state index in [9.17, 15) is 13.2 Å². The van der Waals surface area contributed by atoms with Crippen molar-refractivity contribution in [1.29, 1.82) is 0 Å². The van der Waals surface area contributed by atoms with E-state index in [4.69, 9.17) is 0 Å². The molecule has 2 aliphatic heterocycles. The highest BCUT2D eigenvalue weighted by Crippen LogP contribution is 2.41. The van der Waals surface area contributed by atoms with Crippen molar-refractivity contribution in [2.24, 2.45) is 4.99 Å². The van der Waals surface area contributed by atoms with Crippen molar-refractivity contribution in [1.82, 2.24) is 0 Å². The Kier molecular flexibility index (Phi) is 5.63. The molecule has 158 valence electrons. The van der Waals surface area contributed by atoms with Crippen LogP contribution in [-0.2, 0) is 21.1 Å². The molecule has 1 amide bonds. The van der Waals surface area contributed by atoms with Crippen molar-refractivity contribution >= 4 is 44.0 Å². The van der Waals surface area contributed by atoms with Gasteiger partial charge >= 0.3 is 0 Å². The van der Waals surface area contributed by atoms with Gasteiger partial charge in [0, 0.05) is 30.7 Å². The van der Waals surface area contributed by atoms with Crippen LogP contribution in [0.1, 0.15) is 11.1 Å². The Morgan fingerprint density at radius 1 is 1.17 bits per heavy atom. The summed E-state index contributed by atoms with van der Waals surface area (Å²) >= 11 is 1.40. The van der Waals surface area contributed by atoms with E-state index >= 15 is 0 Å². The van der Waals surface area contributed by atoms with Crippen LogP contribution in [0.4, 0.5) is 11.4 Å². The van der Waals surface area contributed by atoms with E-state index in [1.807, 2.05) is 79.3 Å². The molecule has 0 aliphatic carbocycles. The molecule has 2 aromatic carbocycles. The van der Waals surface area contributed by atoms with Crippen LogP contribution < -0.4 is 9.80 Å². The molecular weight excluding hydrogens is 418 g/mol. The molecule has 2 aromatic rings. The van der Waals surface area contributed by atoms with Crippen LogP contribution in [0.3, 0.4) is 0 Å². The number of rotatable bonds is 4. The van der Waals surface area contributed by atoms with Gasteiger partial charge in [-0.25, -0.2) is 8.42 Å². The molecule has 0 N–H and O–H groups in total. The number of sulfone groups is 1. The number of fused-ring (bicyclic) bond motifs is 1. The van der Waals surface area contributed by atoms with E-state index < -0.39 is 9.84 Å². The molecule has 2 saturated heterocycles. The summed E-state index contributed by atoms with van der Waals surface area (Å²) in [5, 5.41) is 0.490. The summed E-state index contributed by atoms with van der Waals surface area (Å²) in [6.45, 7) is 1.99. The minimum atomic E-state index is -3.08. The topological polar surface area (TPSA) is 70.0 Å². The number of benzene rings is 2. The standard InChI is InChI=1S/C22H25N3O3S2/c1-15-5-4-6-16(11-15)12-21(26)23-22-25(18-9-7-17(8-10-18)24(2)3)19-13-30(27,28)14-20(19)29-22/h4-11,19-20H,12-14H2,1-3H3/t19-,20+/m0/s1. The first-order valence-corrected chi connectivity index (χ1v) is 12.5. The van der Waals surface area contributed by atoms with Crippen molar-refractivity contribution in [3.63, 3.8) is 0 Å². The summed E-state index contributed by atoms with van der Waals surface area (Å²) in [6.07, 6.45) is 0.229. The number of hydrogen-bond donors (Lipinski definition) is 0. The number of anilines is 2. The predicted octanol–water partition coefficient (Wildman–Crippen LogP) is 2.91. The zero-order chi connectivity index (χ0) is 21.5. The van der Waals surface area contributed by atoms with Gasteiger partial charge in [0.2, 0.25) is 0 Å². The molecule has 0 saturated carbocycles. The fourth-order valence-electron chi connectivity index (χ4n) is 3.92. The van der Waals surface area contributed by atoms with Crippen molar-refractivity contribution in [2.45, 2.75) is 24.6 Å². The Morgan fingerprint density at radius 2 is 1.90 bits per heavy atom. The van der Waals surface area contributed by atoms with Gasteiger partial charge in [0.1, 0.15) is 0 Å². The molecule has 30 heavy (non-hydrogen) atoms. The SMILES string of the molecule is Cc1cccc(CC(=O)N=C2S[C@@H]3CS(=O)(=O)C[C@@H]3N2c2ccc(N(C)C)cc2)c1. The van der Waals surface area contributed by atoms with Gasteiger partial charge in [-0.05, 0) is 36.8 Å². The maximum Gasteiger partial charge on any atom is 0.252 e. The number of carbonyl (C=O) groups is 1. The van der Waals surface area contributed by atoms with Gasteiger partial charge in [0.05, 0.1) is 24.0 Å². The molecule has 0 unspecified atom stereocenters. The second-order valence-electron chi connectivity index (χ2n) is 8.04. The van der Waals surface area contributed by atoms with Crippen molar-refractivity contribution in [3.8, 4) is 0 Å². The minimum Gasteiger partial charge on any atom is -0.378 e. The highest BCUT2D eigenvalue weighted by atomic mass is 32.2. The lowest BCUT2D eigenvalue weighted by molar-refractivity contribution is -0.117. The zero-order valence-corrected chi connectivity index (χ0v) is 18.9.